The van der Waals surface area contributed by atoms with Crippen LogP contribution in [0.3, 0.4) is 0 Å². The molecule has 0 aromatic carbocycles. The second-order valence-corrected chi connectivity index (χ2v) is 5.53. The van der Waals surface area contributed by atoms with Crippen molar-refractivity contribution < 1.29 is 9.53 Å². The Kier molecular flexibility index (Phi) is 9.41. The van der Waals surface area contributed by atoms with E-state index in [2.05, 4.69) is 34.8 Å². The van der Waals surface area contributed by atoms with Crippen LogP contribution < -0.4 is 10.6 Å². The normalized spacial score (nSPS) is 11.1. The number of amides is 1. The molecule has 0 radical (unpaired) electrons. The number of aryl methyl sites for hydroxylation is 1. The number of hydrogen-bond donors (Lipinski definition) is 2. The molecule has 1 amide bonds. The summed E-state index contributed by atoms with van der Waals surface area (Å²) in [6.07, 6.45) is 4.48. The molecule has 7 heteroatoms. The number of aromatic nitrogens is 3. The fraction of sp³-hybridized carbons (Fsp3) is 0.800. The topological polar surface area (TPSA) is 81.1 Å². The molecule has 0 aliphatic heterocycles. The molecule has 1 aromatic rings. The second-order valence-electron chi connectivity index (χ2n) is 5.53. The molecule has 1 aromatic heterocycles. The highest BCUT2D eigenvalue weighted by molar-refractivity contribution is 5.75. The summed E-state index contributed by atoms with van der Waals surface area (Å²) in [5, 5.41) is 14.3. The summed E-state index contributed by atoms with van der Waals surface area (Å²) in [5.41, 5.74) is 0.969. The highest BCUT2D eigenvalue weighted by atomic mass is 16.5. The lowest BCUT2D eigenvalue weighted by molar-refractivity contribution is -0.121. The minimum Gasteiger partial charge on any atom is -0.380 e. The van der Waals surface area contributed by atoms with E-state index in [1.165, 1.54) is 0 Å². The molecule has 126 valence electrons. The molecule has 0 aliphatic rings. The minimum absolute atomic E-state index is 0.0672. The number of nitrogens with one attached hydrogen (secondary N) is 2. The van der Waals surface area contributed by atoms with E-state index in [0.29, 0.717) is 32.2 Å². The highest BCUT2D eigenvalue weighted by Crippen LogP contribution is 1.98. The van der Waals surface area contributed by atoms with Crippen molar-refractivity contribution in [2.24, 2.45) is 0 Å². The Hall–Kier alpha value is -1.47. The molecule has 0 saturated carbocycles. The number of nitrogens with zero attached hydrogens (tertiary/aromatic N) is 3. The standard InChI is InChI=1S/C15H29N5O2/c1-4-15(21)16-7-10-22-9-6-5-8-20-12-14(18-19-20)11-17-13(2)3/h12-13,17H,4-11H2,1-3H3,(H,16,21). The molecule has 0 fully saturated rings. The summed E-state index contributed by atoms with van der Waals surface area (Å²) in [6, 6.07) is 0.449. The molecular weight excluding hydrogens is 282 g/mol. The fourth-order valence-corrected chi connectivity index (χ4v) is 1.81. The van der Waals surface area contributed by atoms with Gasteiger partial charge in [-0.3, -0.25) is 9.48 Å². The fourth-order valence-electron chi connectivity index (χ4n) is 1.81. The molecule has 7 nitrogen and oxygen atoms in total. The van der Waals surface area contributed by atoms with E-state index in [9.17, 15) is 4.79 Å². The molecule has 0 spiro atoms. The maximum Gasteiger partial charge on any atom is 0.219 e. The predicted octanol–water partition coefficient (Wildman–Crippen LogP) is 1.10. The van der Waals surface area contributed by atoms with Crippen LogP contribution in [0.25, 0.3) is 0 Å². The van der Waals surface area contributed by atoms with Gasteiger partial charge in [0.05, 0.1) is 12.3 Å². The van der Waals surface area contributed by atoms with Crippen LogP contribution in [0.15, 0.2) is 6.20 Å². The third-order valence-electron chi connectivity index (χ3n) is 3.09. The van der Waals surface area contributed by atoms with Crippen LogP contribution >= 0.6 is 0 Å². The van der Waals surface area contributed by atoms with E-state index >= 15 is 0 Å². The number of ether oxygens (including phenoxy) is 1. The van der Waals surface area contributed by atoms with Gasteiger partial charge in [0.1, 0.15) is 0 Å². The third kappa shape index (κ3) is 8.74. The van der Waals surface area contributed by atoms with Crippen molar-refractivity contribution >= 4 is 5.91 Å². The van der Waals surface area contributed by atoms with Gasteiger partial charge in [0.25, 0.3) is 0 Å². The zero-order valence-electron chi connectivity index (χ0n) is 14.0. The van der Waals surface area contributed by atoms with Gasteiger partial charge < -0.3 is 15.4 Å². The second kappa shape index (κ2) is 11.1. The average Bonchev–Trinajstić information content (AvgIpc) is 2.95. The molecule has 0 bridgehead atoms. The van der Waals surface area contributed by atoms with Crippen molar-refractivity contribution in [3.63, 3.8) is 0 Å². The molecule has 0 unspecified atom stereocenters. The van der Waals surface area contributed by atoms with Gasteiger partial charge in [-0.25, -0.2) is 0 Å². The largest absolute Gasteiger partial charge is 0.380 e. The summed E-state index contributed by atoms with van der Waals surface area (Å²) in [7, 11) is 0. The van der Waals surface area contributed by atoms with Crippen LogP contribution in [0.2, 0.25) is 0 Å². The number of rotatable bonds is 12. The quantitative estimate of drug-likeness (QED) is 0.565. The smallest absolute Gasteiger partial charge is 0.219 e. The monoisotopic (exact) mass is 311 g/mol. The molecule has 1 rings (SSSR count). The lowest BCUT2D eigenvalue weighted by Gasteiger charge is -2.05. The highest BCUT2D eigenvalue weighted by Gasteiger charge is 2.01. The van der Waals surface area contributed by atoms with E-state index in [-0.39, 0.29) is 5.91 Å². The number of carbonyl (C=O) groups is 1. The summed E-state index contributed by atoms with van der Waals surface area (Å²) < 4.78 is 7.34. The molecule has 1 heterocycles. The summed E-state index contributed by atoms with van der Waals surface area (Å²) in [5.74, 6) is 0.0672. The average molecular weight is 311 g/mol. The predicted molar refractivity (Wildman–Crippen MR) is 85.4 cm³/mol. The Bertz CT molecular complexity index is 420. The minimum atomic E-state index is 0.0672. The van der Waals surface area contributed by atoms with Gasteiger partial charge in [0.15, 0.2) is 0 Å². The van der Waals surface area contributed by atoms with Crippen molar-refractivity contribution in [2.45, 2.75) is 59.2 Å². The van der Waals surface area contributed by atoms with Crippen molar-refractivity contribution in [3.8, 4) is 0 Å². The lowest BCUT2D eigenvalue weighted by Crippen LogP contribution is -2.26. The van der Waals surface area contributed by atoms with E-state index < -0.39 is 0 Å². The van der Waals surface area contributed by atoms with Crippen LogP contribution in [0, 0.1) is 0 Å². The summed E-state index contributed by atoms with van der Waals surface area (Å²) >= 11 is 0. The van der Waals surface area contributed by atoms with Gasteiger partial charge in [-0.15, -0.1) is 5.10 Å². The number of hydrogen-bond acceptors (Lipinski definition) is 5. The molecule has 0 saturated heterocycles. The van der Waals surface area contributed by atoms with Crippen LogP contribution in [-0.2, 0) is 22.6 Å². The van der Waals surface area contributed by atoms with E-state index in [1.807, 2.05) is 17.8 Å². The zero-order chi connectivity index (χ0) is 16.2. The maximum atomic E-state index is 11.0. The van der Waals surface area contributed by atoms with Crippen LogP contribution in [0.1, 0.15) is 45.7 Å². The summed E-state index contributed by atoms with van der Waals surface area (Å²) in [4.78, 5) is 11.0. The van der Waals surface area contributed by atoms with E-state index in [4.69, 9.17) is 4.74 Å². The number of carbonyl (C=O) groups excluding carboxylic acids is 1. The lowest BCUT2D eigenvalue weighted by atomic mass is 10.3. The van der Waals surface area contributed by atoms with Crippen LogP contribution in [0.5, 0.6) is 0 Å². The maximum absolute atomic E-state index is 11.0. The van der Waals surface area contributed by atoms with Crippen molar-refractivity contribution in [3.05, 3.63) is 11.9 Å². The first-order chi connectivity index (χ1) is 10.6. The van der Waals surface area contributed by atoms with E-state index in [0.717, 1.165) is 31.6 Å². The van der Waals surface area contributed by atoms with Gasteiger partial charge in [-0.05, 0) is 12.8 Å². The van der Waals surface area contributed by atoms with Crippen molar-refractivity contribution in [1.29, 1.82) is 0 Å². The molecule has 0 atom stereocenters. The van der Waals surface area contributed by atoms with Crippen LogP contribution in [0.4, 0.5) is 0 Å². The molecule has 0 aliphatic carbocycles. The Balaban J connectivity index is 1.99. The Morgan fingerprint density at radius 1 is 1.36 bits per heavy atom. The summed E-state index contributed by atoms with van der Waals surface area (Å²) in [6.45, 7) is 9.52. The van der Waals surface area contributed by atoms with Gasteiger partial charge in [0, 0.05) is 44.9 Å². The van der Waals surface area contributed by atoms with Gasteiger partial charge >= 0.3 is 0 Å². The van der Waals surface area contributed by atoms with Crippen molar-refractivity contribution in [1.82, 2.24) is 25.6 Å². The van der Waals surface area contributed by atoms with E-state index in [1.54, 1.807) is 0 Å². The van der Waals surface area contributed by atoms with Gasteiger partial charge in [-0.1, -0.05) is 26.0 Å². The SMILES string of the molecule is CCC(=O)NCCOCCCCn1cc(CNC(C)C)nn1. The zero-order valence-corrected chi connectivity index (χ0v) is 14.0. The molecule has 2 N–H and O–H groups in total. The Morgan fingerprint density at radius 2 is 2.18 bits per heavy atom. The Morgan fingerprint density at radius 3 is 2.91 bits per heavy atom. The number of unbranched alkanes of at least 4 members (excludes halogenated alkanes) is 1. The van der Waals surface area contributed by atoms with Crippen LogP contribution in [-0.4, -0.2) is 46.7 Å². The van der Waals surface area contributed by atoms with Gasteiger partial charge in [-0.2, -0.15) is 0 Å². The molecular formula is C15H29N5O2. The first kappa shape index (κ1) is 18.6. The molecule has 22 heavy (non-hydrogen) atoms. The first-order valence-corrected chi connectivity index (χ1v) is 8.08. The first-order valence-electron chi connectivity index (χ1n) is 8.08. The third-order valence-corrected chi connectivity index (χ3v) is 3.09. The Labute approximate surface area is 132 Å². The van der Waals surface area contributed by atoms with Gasteiger partial charge in [0.2, 0.25) is 5.91 Å². The van der Waals surface area contributed by atoms with Crippen molar-refractivity contribution in [2.75, 3.05) is 19.8 Å².